The van der Waals surface area contributed by atoms with Crippen molar-refractivity contribution in [2.45, 2.75) is 44.1 Å². The summed E-state index contributed by atoms with van der Waals surface area (Å²) < 4.78 is 24.6. The zero-order valence-corrected chi connectivity index (χ0v) is 18.3. The van der Waals surface area contributed by atoms with Crippen molar-refractivity contribution in [3.05, 3.63) is 77.8 Å². The third kappa shape index (κ3) is 6.92. The molecule has 0 aliphatic rings. The Kier molecular flexibility index (Phi) is 8.85. The second-order valence-corrected chi connectivity index (χ2v) is 8.27. The highest BCUT2D eigenvalue weighted by Crippen LogP contribution is 2.32. The SMILES string of the molecule is NC(CO)(CO)CCc1ccc(OCCCCCc2ccc(F)cc2)c(-c2ccco2)c1. The number of aliphatic hydroxyl groups is 2. The molecule has 0 unspecified atom stereocenters. The van der Waals surface area contributed by atoms with Crippen molar-refractivity contribution in [2.75, 3.05) is 19.8 Å². The maximum atomic E-state index is 13.0. The van der Waals surface area contributed by atoms with E-state index in [4.69, 9.17) is 14.9 Å². The molecule has 6 heteroatoms. The number of rotatable bonds is 13. The van der Waals surface area contributed by atoms with E-state index >= 15 is 0 Å². The molecule has 0 radical (unpaired) electrons. The molecular formula is C26H32FNO4. The first-order chi connectivity index (χ1) is 15.5. The Labute approximate surface area is 188 Å². The number of hydrogen-bond acceptors (Lipinski definition) is 5. The van der Waals surface area contributed by atoms with Gasteiger partial charge in [-0.05, 0) is 86.1 Å². The van der Waals surface area contributed by atoms with E-state index < -0.39 is 5.54 Å². The first-order valence-corrected chi connectivity index (χ1v) is 11.1. The summed E-state index contributed by atoms with van der Waals surface area (Å²) in [5.41, 5.74) is 8.05. The van der Waals surface area contributed by atoms with Crippen molar-refractivity contribution in [1.29, 1.82) is 0 Å². The summed E-state index contributed by atoms with van der Waals surface area (Å²) in [6, 6.07) is 16.3. The molecule has 0 aliphatic heterocycles. The highest BCUT2D eigenvalue weighted by atomic mass is 19.1. The number of aliphatic hydroxyl groups excluding tert-OH is 2. The third-order valence-electron chi connectivity index (χ3n) is 5.65. The predicted octanol–water partition coefficient (Wildman–Crippen LogP) is 4.49. The van der Waals surface area contributed by atoms with Gasteiger partial charge in [0.05, 0.1) is 37.2 Å². The Balaban J connectivity index is 1.54. The summed E-state index contributed by atoms with van der Waals surface area (Å²) in [4.78, 5) is 0. The van der Waals surface area contributed by atoms with Gasteiger partial charge in [0.25, 0.3) is 0 Å². The van der Waals surface area contributed by atoms with Crippen molar-refractivity contribution in [2.24, 2.45) is 5.73 Å². The summed E-state index contributed by atoms with van der Waals surface area (Å²) >= 11 is 0. The maximum absolute atomic E-state index is 13.0. The van der Waals surface area contributed by atoms with Crippen LogP contribution in [0.1, 0.15) is 36.8 Å². The zero-order chi connectivity index (χ0) is 22.8. The van der Waals surface area contributed by atoms with Gasteiger partial charge in [-0.25, -0.2) is 4.39 Å². The number of aryl methyl sites for hydroxylation is 2. The number of nitrogens with two attached hydrogens (primary N) is 1. The van der Waals surface area contributed by atoms with Crippen LogP contribution in [0.2, 0.25) is 0 Å². The standard InChI is InChI=1S/C26H32FNO4/c27-22-10-7-20(8-11-22)5-2-1-3-15-31-25-12-9-21(13-14-26(28,18-29)19-30)17-23(25)24-6-4-16-32-24/h4,6-12,16-17,29-30H,1-3,5,13-15,18-19,28H2. The molecule has 32 heavy (non-hydrogen) atoms. The van der Waals surface area contributed by atoms with Gasteiger partial charge in [-0.2, -0.15) is 0 Å². The number of ether oxygens (including phenoxy) is 1. The topological polar surface area (TPSA) is 88.9 Å². The zero-order valence-electron chi connectivity index (χ0n) is 18.3. The molecule has 0 saturated heterocycles. The van der Waals surface area contributed by atoms with E-state index in [1.165, 1.54) is 12.1 Å². The fourth-order valence-electron chi connectivity index (χ4n) is 3.53. The van der Waals surface area contributed by atoms with Gasteiger partial charge in [0.2, 0.25) is 0 Å². The monoisotopic (exact) mass is 441 g/mol. The lowest BCUT2D eigenvalue weighted by molar-refractivity contribution is 0.115. The van der Waals surface area contributed by atoms with E-state index in [0.29, 0.717) is 19.4 Å². The summed E-state index contributed by atoms with van der Waals surface area (Å²) in [6.45, 7) is 0.0607. The average molecular weight is 442 g/mol. The van der Waals surface area contributed by atoms with E-state index in [9.17, 15) is 14.6 Å². The van der Waals surface area contributed by atoms with Crippen LogP contribution >= 0.6 is 0 Å². The molecule has 3 rings (SSSR count). The highest BCUT2D eigenvalue weighted by molar-refractivity contribution is 5.66. The molecule has 1 heterocycles. The van der Waals surface area contributed by atoms with Gasteiger partial charge >= 0.3 is 0 Å². The highest BCUT2D eigenvalue weighted by Gasteiger charge is 2.23. The minimum absolute atomic E-state index is 0.204. The molecule has 0 atom stereocenters. The van der Waals surface area contributed by atoms with Gasteiger partial charge in [0, 0.05) is 0 Å². The number of halogens is 1. The van der Waals surface area contributed by atoms with E-state index in [1.54, 1.807) is 6.26 Å². The molecular weight excluding hydrogens is 409 g/mol. The van der Waals surface area contributed by atoms with Crippen molar-refractivity contribution < 1.29 is 23.8 Å². The molecule has 0 bridgehead atoms. The summed E-state index contributed by atoms with van der Waals surface area (Å²) in [5, 5.41) is 18.8. The van der Waals surface area contributed by atoms with Crippen molar-refractivity contribution in [3.8, 4) is 17.1 Å². The molecule has 0 spiro atoms. The Morgan fingerprint density at radius 2 is 1.66 bits per heavy atom. The summed E-state index contributed by atoms with van der Waals surface area (Å²) in [6.07, 6.45) is 6.60. The van der Waals surface area contributed by atoms with Gasteiger partial charge < -0.3 is 25.1 Å². The number of hydrogen-bond donors (Lipinski definition) is 3. The minimum Gasteiger partial charge on any atom is -0.493 e. The van der Waals surface area contributed by atoms with Crippen molar-refractivity contribution >= 4 is 0 Å². The molecule has 1 aromatic heterocycles. The van der Waals surface area contributed by atoms with Gasteiger partial charge in [-0.15, -0.1) is 0 Å². The van der Waals surface area contributed by atoms with Gasteiger partial charge in [0.15, 0.2) is 0 Å². The van der Waals surface area contributed by atoms with Crippen LogP contribution in [0.15, 0.2) is 65.3 Å². The second-order valence-electron chi connectivity index (χ2n) is 8.27. The van der Waals surface area contributed by atoms with Crippen molar-refractivity contribution in [3.63, 3.8) is 0 Å². The number of benzene rings is 2. The molecule has 0 saturated carbocycles. The fraction of sp³-hybridized carbons (Fsp3) is 0.385. The Morgan fingerprint density at radius 3 is 2.34 bits per heavy atom. The van der Waals surface area contributed by atoms with Gasteiger partial charge in [-0.3, -0.25) is 0 Å². The van der Waals surface area contributed by atoms with E-state index in [-0.39, 0.29) is 19.0 Å². The molecule has 0 amide bonds. The lowest BCUT2D eigenvalue weighted by Crippen LogP contribution is -2.47. The molecule has 5 nitrogen and oxygen atoms in total. The van der Waals surface area contributed by atoms with Crippen LogP contribution in [0, 0.1) is 5.82 Å². The maximum Gasteiger partial charge on any atom is 0.137 e. The van der Waals surface area contributed by atoms with Gasteiger partial charge in [-0.1, -0.05) is 18.2 Å². The average Bonchev–Trinajstić information content (AvgIpc) is 3.36. The van der Waals surface area contributed by atoms with Crippen LogP contribution in [-0.2, 0) is 12.8 Å². The first-order valence-electron chi connectivity index (χ1n) is 11.1. The minimum atomic E-state index is -0.992. The van der Waals surface area contributed by atoms with Crippen LogP contribution in [0.3, 0.4) is 0 Å². The molecule has 2 aromatic carbocycles. The lowest BCUT2D eigenvalue weighted by Gasteiger charge is -2.24. The molecule has 3 aromatic rings. The Morgan fingerprint density at radius 1 is 0.906 bits per heavy atom. The number of unbranched alkanes of at least 4 members (excludes halogenated alkanes) is 2. The fourth-order valence-corrected chi connectivity index (χ4v) is 3.53. The second kappa shape index (κ2) is 11.8. The normalized spacial score (nSPS) is 11.6. The van der Waals surface area contributed by atoms with E-state index in [2.05, 4.69) is 0 Å². The first kappa shape index (κ1) is 24.0. The van der Waals surface area contributed by atoms with Crippen LogP contribution < -0.4 is 10.5 Å². The molecule has 172 valence electrons. The Hall–Kier alpha value is -2.67. The molecule has 4 N–H and O–H groups in total. The molecule has 0 fully saturated rings. The quantitative estimate of drug-likeness (QED) is 0.340. The third-order valence-corrected chi connectivity index (χ3v) is 5.65. The van der Waals surface area contributed by atoms with Gasteiger partial charge in [0.1, 0.15) is 17.3 Å². The van der Waals surface area contributed by atoms with Crippen LogP contribution in [0.4, 0.5) is 4.39 Å². The molecule has 0 aliphatic carbocycles. The summed E-state index contributed by atoms with van der Waals surface area (Å²) in [7, 11) is 0. The van der Waals surface area contributed by atoms with E-state index in [0.717, 1.165) is 53.9 Å². The number of furan rings is 1. The predicted molar refractivity (Wildman–Crippen MR) is 123 cm³/mol. The van der Waals surface area contributed by atoms with Crippen molar-refractivity contribution in [1.82, 2.24) is 0 Å². The Bertz CT molecular complexity index is 937. The van der Waals surface area contributed by atoms with Crippen LogP contribution in [0.25, 0.3) is 11.3 Å². The largest absolute Gasteiger partial charge is 0.493 e. The van der Waals surface area contributed by atoms with Crippen LogP contribution in [-0.4, -0.2) is 35.6 Å². The lowest BCUT2D eigenvalue weighted by atomic mass is 9.93. The van der Waals surface area contributed by atoms with E-state index in [1.807, 2.05) is 42.5 Å². The smallest absolute Gasteiger partial charge is 0.137 e. The summed E-state index contributed by atoms with van der Waals surface area (Å²) in [5.74, 6) is 1.27. The van der Waals surface area contributed by atoms with Crippen LogP contribution in [0.5, 0.6) is 5.75 Å².